The van der Waals surface area contributed by atoms with Gasteiger partial charge in [-0.25, -0.2) is 0 Å². The fraction of sp³-hybridized carbons (Fsp3) is 1.00. The molecule has 0 aromatic carbocycles. The van der Waals surface area contributed by atoms with E-state index in [1.165, 1.54) is 38.0 Å². The highest BCUT2D eigenvalue weighted by Gasteiger charge is 2.49. The van der Waals surface area contributed by atoms with E-state index in [9.17, 15) is 0 Å². The van der Waals surface area contributed by atoms with Gasteiger partial charge in [-0.2, -0.15) is 11.8 Å². The van der Waals surface area contributed by atoms with Crippen molar-refractivity contribution in [2.24, 2.45) is 11.7 Å². The van der Waals surface area contributed by atoms with Crippen LogP contribution in [0.15, 0.2) is 0 Å². The van der Waals surface area contributed by atoms with Crippen LogP contribution in [0.25, 0.3) is 0 Å². The van der Waals surface area contributed by atoms with E-state index in [0.29, 0.717) is 10.8 Å². The van der Waals surface area contributed by atoms with E-state index in [4.69, 9.17) is 5.73 Å². The van der Waals surface area contributed by atoms with Crippen molar-refractivity contribution in [2.75, 3.05) is 18.8 Å². The molecule has 2 rings (SSSR count). The Balaban J connectivity index is 2.07. The van der Waals surface area contributed by atoms with Gasteiger partial charge in [-0.05, 0) is 43.9 Å². The summed E-state index contributed by atoms with van der Waals surface area (Å²) >= 11 is 2.11. The first-order chi connectivity index (χ1) is 8.10. The Kier molecular flexibility index (Phi) is 4.43. The minimum absolute atomic E-state index is 0.306. The second-order valence-electron chi connectivity index (χ2n) is 6.18. The molecule has 100 valence electrons. The number of hydrogen-bond acceptors (Lipinski definition) is 3. The molecule has 2 nitrogen and oxygen atoms in total. The fourth-order valence-electron chi connectivity index (χ4n) is 3.09. The second kappa shape index (κ2) is 5.50. The first kappa shape index (κ1) is 13.7. The molecule has 1 saturated heterocycles. The molecular formula is C14H28N2S. The molecule has 2 fully saturated rings. The van der Waals surface area contributed by atoms with E-state index in [-0.39, 0.29) is 0 Å². The van der Waals surface area contributed by atoms with Gasteiger partial charge in [0.25, 0.3) is 0 Å². The molecule has 2 aliphatic rings. The Bertz CT molecular complexity index is 253. The van der Waals surface area contributed by atoms with Crippen LogP contribution in [0.2, 0.25) is 0 Å². The summed E-state index contributed by atoms with van der Waals surface area (Å²) < 4.78 is 0. The van der Waals surface area contributed by atoms with Crippen LogP contribution >= 0.6 is 11.8 Å². The van der Waals surface area contributed by atoms with Gasteiger partial charge in [-0.15, -0.1) is 0 Å². The van der Waals surface area contributed by atoms with Crippen molar-refractivity contribution in [1.82, 2.24) is 4.90 Å². The number of hydrogen-bond donors (Lipinski definition) is 1. The standard InChI is InChI=1S/C14H28N2S/c1-11(2)6-8-16(13-4-5-13)14(10-15)7-9-17-12(14)3/h11-13H,4-10,15H2,1-3H3. The zero-order chi connectivity index (χ0) is 12.5. The highest BCUT2D eigenvalue weighted by Crippen LogP contribution is 2.44. The molecule has 0 amide bonds. The average molecular weight is 256 g/mol. The van der Waals surface area contributed by atoms with Crippen molar-refractivity contribution in [3.8, 4) is 0 Å². The van der Waals surface area contributed by atoms with Crippen LogP contribution in [0.5, 0.6) is 0 Å². The van der Waals surface area contributed by atoms with E-state index >= 15 is 0 Å². The molecule has 0 aromatic heterocycles. The predicted molar refractivity (Wildman–Crippen MR) is 77.5 cm³/mol. The van der Waals surface area contributed by atoms with Crippen molar-refractivity contribution in [3.63, 3.8) is 0 Å². The zero-order valence-corrected chi connectivity index (χ0v) is 12.4. The van der Waals surface area contributed by atoms with E-state index in [1.54, 1.807) is 0 Å². The molecule has 0 radical (unpaired) electrons. The summed E-state index contributed by atoms with van der Waals surface area (Å²) in [4.78, 5) is 2.79. The lowest BCUT2D eigenvalue weighted by Crippen LogP contribution is -2.58. The molecule has 3 heteroatoms. The molecule has 1 aliphatic carbocycles. The molecule has 1 saturated carbocycles. The quantitative estimate of drug-likeness (QED) is 0.792. The highest BCUT2D eigenvalue weighted by molar-refractivity contribution is 8.00. The maximum Gasteiger partial charge on any atom is 0.0458 e. The van der Waals surface area contributed by atoms with Gasteiger partial charge in [0.2, 0.25) is 0 Å². The second-order valence-corrected chi connectivity index (χ2v) is 7.63. The van der Waals surface area contributed by atoms with Crippen molar-refractivity contribution in [1.29, 1.82) is 0 Å². The molecule has 17 heavy (non-hydrogen) atoms. The molecule has 0 aromatic rings. The van der Waals surface area contributed by atoms with Gasteiger partial charge in [0, 0.05) is 23.4 Å². The van der Waals surface area contributed by atoms with Crippen LogP contribution in [0.1, 0.15) is 46.5 Å². The Morgan fingerprint density at radius 3 is 2.53 bits per heavy atom. The molecule has 0 bridgehead atoms. The maximum absolute atomic E-state index is 6.18. The average Bonchev–Trinajstić information content (AvgIpc) is 3.04. The highest BCUT2D eigenvalue weighted by atomic mass is 32.2. The van der Waals surface area contributed by atoms with Crippen LogP contribution in [-0.2, 0) is 0 Å². The van der Waals surface area contributed by atoms with Crippen LogP contribution in [0, 0.1) is 5.92 Å². The van der Waals surface area contributed by atoms with Gasteiger partial charge in [-0.1, -0.05) is 20.8 Å². The largest absolute Gasteiger partial charge is 0.329 e. The first-order valence-electron chi connectivity index (χ1n) is 7.18. The summed E-state index contributed by atoms with van der Waals surface area (Å²) in [6.07, 6.45) is 5.41. The van der Waals surface area contributed by atoms with Gasteiger partial charge < -0.3 is 5.73 Å². The smallest absolute Gasteiger partial charge is 0.0458 e. The minimum Gasteiger partial charge on any atom is -0.329 e. The topological polar surface area (TPSA) is 29.3 Å². The summed E-state index contributed by atoms with van der Waals surface area (Å²) in [6.45, 7) is 9.13. The lowest BCUT2D eigenvalue weighted by atomic mass is 9.89. The predicted octanol–water partition coefficient (Wildman–Crippen LogP) is 2.72. The molecule has 2 N–H and O–H groups in total. The Morgan fingerprint density at radius 2 is 2.12 bits per heavy atom. The van der Waals surface area contributed by atoms with Gasteiger partial charge in [0.1, 0.15) is 0 Å². The number of rotatable bonds is 6. The van der Waals surface area contributed by atoms with Crippen LogP contribution < -0.4 is 5.73 Å². The molecule has 1 aliphatic heterocycles. The molecule has 0 spiro atoms. The monoisotopic (exact) mass is 256 g/mol. The third-order valence-electron chi connectivity index (χ3n) is 4.52. The number of nitrogens with zero attached hydrogens (tertiary/aromatic N) is 1. The summed E-state index contributed by atoms with van der Waals surface area (Å²) in [6, 6.07) is 0.846. The summed E-state index contributed by atoms with van der Waals surface area (Å²) in [5.74, 6) is 2.10. The van der Waals surface area contributed by atoms with Crippen molar-refractivity contribution >= 4 is 11.8 Å². The van der Waals surface area contributed by atoms with Crippen LogP contribution in [0.4, 0.5) is 0 Å². The van der Waals surface area contributed by atoms with Gasteiger partial charge >= 0.3 is 0 Å². The normalized spacial score (nSPS) is 33.9. The summed E-state index contributed by atoms with van der Waals surface area (Å²) in [7, 11) is 0. The molecule has 2 unspecified atom stereocenters. The number of thioether (sulfide) groups is 1. The Labute approximate surface area is 111 Å². The zero-order valence-electron chi connectivity index (χ0n) is 11.6. The van der Waals surface area contributed by atoms with E-state index < -0.39 is 0 Å². The Hall–Kier alpha value is 0.270. The lowest BCUT2D eigenvalue weighted by molar-refractivity contribution is 0.0825. The fourth-order valence-corrected chi connectivity index (χ4v) is 4.57. The van der Waals surface area contributed by atoms with Crippen LogP contribution in [-0.4, -0.2) is 40.6 Å². The summed E-state index contributed by atoms with van der Waals surface area (Å²) in [5.41, 5.74) is 6.48. The summed E-state index contributed by atoms with van der Waals surface area (Å²) in [5, 5.41) is 0.709. The molecular weight excluding hydrogens is 228 g/mol. The van der Waals surface area contributed by atoms with E-state index in [0.717, 1.165) is 18.5 Å². The van der Waals surface area contributed by atoms with Gasteiger partial charge in [0.15, 0.2) is 0 Å². The SMILES string of the molecule is CC(C)CCN(C1CC1)C1(CN)CCSC1C. The minimum atomic E-state index is 0.306. The molecule has 1 heterocycles. The number of nitrogens with two attached hydrogens (primary N) is 1. The Morgan fingerprint density at radius 1 is 1.41 bits per heavy atom. The lowest BCUT2D eigenvalue weighted by Gasteiger charge is -2.44. The van der Waals surface area contributed by atoms with Gasteiger partial charge in [-0.3, -0.25) is 4.90 Å². The van der Waals surface area contributed by atoms with E-state index in [2.05, 4.69) is 37.4 Å². The first-order valence-corrected chi connectivity index (χ1v) is 8.23. The van der Waals surface area contributed by atoms with Crippen molar-refractivity contribution in [3.05, 3.63) is 0 Å². The third-order valence-corrected chi connectivity index (χ3v) is 5.90. The van der Waals surface area contributed by atoms with Crippen molar-refractivity contribution < 1.29 is 0 Å². The molecule has 2 atom stereocenters. The third kappa shape index (κ3) is 2.82. The van der Waals surface area contributed by atoms with E-state index in [1.807, 2.05) is 0 Å². The van der Waals surface area contributed by atoms with Gasteiger partial charge in [0.05, 0.1) is 0 Å². The van der Waals surface area contributed by atoms with Crippen molar-refractivity contribution in [2.45, 2.75) is 63.3 Å². The maximum atomic E-state index is 6.18. The van der Waals surface area contributed by atoms with Crippen LogP contribution in [0.3, 0.4) is 0 Å².